The molecule has 0 radical (unpaired) electrons. The molecule has 20 heavy (non-hydrogen) atoms. The Balaban J connectivity index is 1.93. The topological polar surface area (TPSA) is 37.4 Å². The van der Waals surface area contributed by atoms with Gasteiger partial charge in [0.25, 0.3) is 5.91 Å². The number of hydrogen-bond acceptors (Lipinski definition) is 2. The van der Waals surface area contributed by atoms with Crippen molar-refractivity contribution in [2.24, 2.45) is 0 Å². The van der Waals surface area contributed by atoms with Crippen LogP contribution in [0.3, 0.4) is 0 Å². The van der Waals surface area contributed by atoms with Crippen molar-refractivity contribution in [3.8, 4) is 0 Å². The standard InChI is InChI=1S/C15H15Cl2NO2/c16-15(17)13(20)18(10-11-6-2-1-3-7-11)14(15)9-5-4-8-12(14)19/h1-3,6-7H,4-5,8-10H2. The van der Waals surface area contributed by atoms with Crippen LogP contribution in [0.25, 0.3) is 0 Å². The SMILES string of the molecule is O=C1N(Cc2ccccc2)C2(CCCCC2=O)C1(Cl)Cl. The molecule has 1 saturated heterocycles. The second-order valence-electron chi connectivity index (χ2n) is 5.44. The normalized spacial score (nSPS) is 28.6. The average Bonchev–Trinajstić information content (AvgIpc) is 2.46. The summed E-state index contributed by atoms with van der Waals surface area (Å²) in [5.41, 5.74) is -0.0520. The van der Waals surface area contributed by atoms with Crippen LogP contribution in [-0.2, 0) is 16.1 Å². The Bertz CT molecular complexity index is 558. The molecule has 1 aromatic carbocycles. The second kappa shape index (κ2) is 4.74. The molecule has 1 atom stereocenters. The van der Waals surface area contributed by atoms with E-state index in [1.165, 1.54) is 0 Å². The minimum Gasteiger partial charge on any atom is -0.319 e. The van der Waals surface area contributed by atoms with Gasteiger partial charge in [-0.2, -0.15) is 0 Å². The Morgan fingerprint density at radius 1 is 1.10 bits per heavy atom. The van der Waals surface area contributed by atoms with E-state index in [9.17, 15) is 9.59 Å². The van der Waals surface area contributed by atoms with E-state index in [0.717, 1.165) is 18.4 Å². The minimum absolute atomic E-state index is 0.00992. The highest BCUT2D eigenvalue weighted by molar-refractivity contribution is 6.63. The molecule has 5 heteroatoms. The summed E-state index contributed by atoms with van der Waals surface area (Å²) in [5.74, 6) is -0.371. The van der Waals surface area contributed by atoms with Gasteiger partial charge in [-0.3, -0.25) is 9.59 Å². The number of β-lactam (4-membered cyclic amide) rings is 1. The van der Waals surface area contributed by atoms with Crippen molar-refractivity contribution in [1.82, 2.24) is 4.90 Å². The third kappa shape index (κ3) is 1.73. The third-order valence-corrected chi connectivity index (χ3v) is 5.28. The van der Waals surface area contributed by atoms with Crippen LogP contribution in [0, 0.1) is 0 Å². The Labute approximate surface area is 127 Å². The lowest BCUT2D eigenvalue weighted by atomic mass is 9.70. The van der Waals surface area contributed by atoms with Gasteiger partial charge in [0.2, 0.25) is 4.33 Å². The molecule has 1 aromatic rings. The Kier molecular flexibility index (Phi) is 3.30. The van der Waals surface area contributed by atoms with E-state index in [4.69, 9.17) is 23.2 Å². The molecular weight excluding hydrogens is 297 g/mol. The fourth-order valence-corrected chi connectivity index (χ4v) is 4.05. The molecule has 0 aromatic heterocycles. The highest BCUT2D eigenvalue weighted by Crippen LogP contribution is 2.55. The maximum atomic E-state index is 12.4. The third-order valence-electron chi connectivity index (χ3n) is 4.33. The summed E-state index contributed by atoms with van der Waals surface area (Å²) in [4.78, 5) is 26.2. The molecule has 1 heterocycles. The zero-order chi connectivity index (χ0) is 14.4. The summed E-state index contributed by atoms with van der Waals surface area (Å²) in [5, 5.41) is 0. The quantitative estimate of drug-likeness (QED) is 0.622. The van der Waals surface area contributed by atoms with Crippen LogP contribution in [0.4, 0.5) is 0 Å². The molecule has 0 bridgehead atoms. The highest BCUT2D eigenvalue weighted by atomic mass is 35.5. The van der Waals surface area contributed by atoms with E-state index in [2.05, 4.69) is 0 Å². The lowest BCUT2D eigenvalue weighted by molar-refractivity contribution is -0.171. The van der Waals surface area contributed by atoms with E-state index in [0.29, 0.717) is 19.4 Å². The van der Waals surface area contributed by atoms with Gasteiger partial charge in [-0.25, -0.2) is 0 Å². The monoisotopic (exact) mass is 311 g/mol. The maximum Gasteiger partial charge on any atom is 0.263 e. The molecule has 3 nitrogen and oxygen atoms in total. The van der Waals surface area contributed by atoms with Gasteiger partial charge in [0.1, 0.15) is 5.54 Å². The molecule has 1 amide bonds. The fourth-order valence-electron chi connectivity index (χ4n) is 3.24. The molecule has 1 spiro atoms. The van der Waals surface area contributed by atoms with Crippen molar-refractivity contribution in [2.75, 3.05) is 0 Å². The number of halogens is 2. The first-order valence-corrected chi connectivity index (χ1v) is 7.53. The smallest absolute Gasteiger partial charge is 0.263 e. The first-order valence-electron chi connectivity index (χ1n) is 6.77. The first-order chi connectivity index (χ1) is 9.50. The molecule has 0 N–H and O–H groups in total. The lowest BCUT2D eigenvalue weighted by Crippen LogP contribution is -2.81. The number of carbonyl (C=O) groups is 2. The van der Waals surface area contributed by atoms with Gasteiger partial charge in [-0.1, -0.05) is 60.0 Å². The fraction of sp³-hybridized carbons (Fsp3) is 0.467. The van der Waals surface area contributed by atoms with E-state index in [1.54, 1.807) is 4.90 Å². The van der Waals surface area contributed by atoms with Crippen molar-refractivity contribution in [3.63, 3.8) is 0 Å². The van der Waals surface area contributed by atoms with Gasteiger partial charge in [0.15, 0.2) is 5.78 Å². The average molecular weight is 312 g/mol. The van der Waals surface area contributed by atoms with Crippen LogP contribution in [0.2, 0.25) is 0 Å². The van der Waals surface area contributed by atoms with Gasteiger partial charge in [-0.05, 0) is 18.4 Å². The van der Waals surface area contributed by atoms with Crippen LogP contribution in [0.5, 0.6) is 0 Å². The summed E-state index contributed by atoms with van der Waals surface area (Å²) >= 11 is 12.4. The second-order valence-corrected chi connectivity index (χ2v) is 6.77. The number of alkyl halides is 2. The van der Waals surface area contributed by atoms with Gasteiger partial charge in [-0.15, -0.1) is 0 Å². The molecule has 1 saturated carbocycles. The van der Waals surface area contributed by atoms with Gasteiger partial charge >= 0.3 is 0 Å². The molecule has 106 valence electrons. The number of Topliss-reactive ketones (excluding diaryl/α,β-unsaturated/α-hetero) is 1. The molecule has 1 aliphatic carbocycles. The molecule has 1 unspecified atom stereocenters. The van der Waals surface area contributed by atoms with Crippen LogP contribution in [0.1, 0.15) is 31.2 Å². The summed E-state index contributed by atoms with van der Waals surface area (Å²) in [6.07, 6.45) is 2.71. The molecular formula is C15H15Cl2NO2. The van der Waals surface area contributed by atoms with E-state index in [-0.39, 0.29) is 11.7 Å². The Morgan fingerprint density at radius 3 is 2.45 bits per heavy atom. The zero-order valence-corrected chi connectivity index (χ0v) is 12.5. The number of rotatable bonds is 2. The Morgan fingerprint density at radius 2 is 1.80 bits per heavy atom. The number of likely N-dealkylation sites (tertiary alicyclic amines) is 1. The van der Waals surface area contributed by atoms with Crippen LogP contribution in [-0.4, -0.2) is 26.5 Å². The van der Waals surface area contributed by atoms with Crippen molar-refractivity contribution in [2.45, 2.75) is 42.1 Å². The molecule has 2 aliphatic rings. The summed E-state index contributed by atoms with van der Waals surface area (Å²) in [6.45, 7) is 0.382. The number of nitrogens with zero attached hydrogens (tertiary/aromatic N) is 1. The zero-order valence-electron chi connectivity index (χ0n) is 10.9. The van der Waals surface area contributed by atoms with Crippen molar-refractivity contribution in [1.29, 1.82) is 0 Å². The number of carbonyl (C=O) groups excluding carboxylic acids is 2. The molecule has 3 rings (SSSR count). The van der Waals surface area contributed by atoms with E-state index in [1.807, 2.05) is 30.3 Å². The number of hydrogen-bond donors (Lipinski definition) is 0. The number of amides is 1. The Hall–Kier alpha value is -1.06. The molecule has 2 fully saturated rings. The van der Waals surface area contributed by atoms with Crippen molar-refractivity contribution in [3.05, 3.63) is 35.9 Å². The van der Waals surface area contributed by atoms with E-state index < -0.39 is 9.87 Å². The predicted molar refractivity (Wildman–Crippen MR) is 77.6 cm³/mol. The van der Waals surface area contributed by atoms with Gasteiger partial charge in [0, 0.05) is 13.0 Å². The number of ketones is 1. The summed E-state index contributed by atoms with van der Waals surface area (Å²) in [7, 11) is 0. The minimum atomic E-state index is -1.60. The van der Waals surface area contributed by atoms with Crippen LogP contribution < -0.4 is 0 Å². The summed E-state index contributed by atoms with van der Waals surface area (Å²) < 4.78 is -1.60. The molecule has 1 aliphatic heterocycles. The first kappa shape index (κ1) is 13.9. The van der Waals surface area contributed by atoms with E-state index >= 15 is 0 Å². The largest absolute Gasteiger partial charge is 0.319 e. The van der Waals surface area contributed by atoms with Crippen LogP contribution >= 0.6 is 23.2 Å². The van der Waals surface area contributed by atoms with Crippen molar-refractivity contribution < 1.29 is 9.59 Å². The van der Waals surface area contributed by atoms with Crippen LogP contribution in [0.15, 0.2) is 30.3 Å². The number of benzene rings is 1. The van der Waals surface area contributed by atoms with Gasteiger partial charge in [0.05, 0.1) is 0 Å². The predicted octanol–water partition coefficient (Wildman–Crippen LogP) is 3.08. The van der Waals surface area contributed by atoms with Crippen molar-refractivity contribution >= 4 is 34.9 Å². The lowest BCUT2D eigenvalue weighted by Gasteiger charge is -2.59. The highest BCUT2D eigenvalue weighted by Gasteiger charge is 2.73. The van der Waals surface area contributed by atoms with Gasteiger partial charge < -0.3 is 4.90 Å². The maximum absolute atomic E-state index is 12.4. The summed E-state index contributed by atoms with van der Waals surface area (Å²) in [6, 6.07) is 9.58.